The molecule has 0 saturated carbocycles. The number of aromatic nitrogens is 3. The summed E-state index contributed by atoms with van der Waals surface area (Å²) >= 11 is 0. The number of hydrogen-bond acceptors (Lipinski definition) is 4. The van der Waals surface area contributed by atoms with Crippen LogP contribution < -0.4 is 0 Å². The molecule has 0 unspecified atom stereocenters. The zero-order chi connectivity index (χ0) is 17.8. The first kappa shape index (κ1) is 17.1. The Kier molecular flexibility index (Phi) is 5.11. The molecular formula is C18H21FN4O2. The molecule has 0 atom stereocenters. The van der Waals surface area contributed by atoms with Crippen molar-refractivity contribution in [2.24, 2.45) is 0 Å². The summed E-state index contributed by atoms with van der Waals surface area (Å²) in [7, 11) is 0. The number of benzene rings is 1. The Balaban J connectivity index is 1.67. The lowest BCUT2D eigenvalue weighted by molar-refractivity contribution is 0.0755. The summed E-state index contributed by atoms with van der Waals surface area (Å²) in [5, 5.41) is 3.87. The molecule has 0 saturated heterocycles. The number of carbonyl (C=O) groups excluding carboxylic acids is 1. The Labute approximate surface area is 145 Å². The second-order valence-corrected chi connectivity index (χ2v) is 5.91. The highest BCUT2D eigenvalue weighted by Gasteiger charge is 2.19. The van der Waals surface area contributed by atoms with E-state index in [4.69, 9.17) is 4.52 Å². The fourth-order valence-corrected chi connectivity index (χ4v) is 2.74. The molecule has 1 N–H and O–H groups in total. The maximum atomic E-state index is 13.2. The lowest BCUT2D eigenvalue weighted by Crippen LogP contribution is -2.33. The van der Waals surface area contributed by atoms with Gasteiger partial charge < -0.3 is 14.4 Å². The Hall–Kier alpha value is -2.70. The molecule has 1 amide bonds. The minimum absolute atomic E-state index is 0.157. The van der Waals surface area contributed by atoms with Crippen molar-refractivity contribution >= 4 is 16.9 Å². The van der Waals surface area contributed by atoms with Crippen molar-refractivity contribution in [1.82, 2.24) is 20.0 Å². The third-order valence-corrected chi connectivity index (χ3v) is 4.05. The average Bonchev–Trinajstić information content (AvgIpc) is 3.21. The molecule has 2 heterocycles. The van der Waals surface area contributed by atoms with Crippen LogP contribution in [0.3, 0.4) is 0 Å². The van der Waals surface area contributed by atoms with E-state index in [2.05, 4.69) is 15.1 Å². The Bertz CT molecular complexity index is 871. The summed E-state index contributed by atoms with van der Waals surface area (Å²) in [5.41, 5.74) is 1.70. The Morgan fingerprint density at radius 1 is 1.28 bits per heavy atom. The normalized spacial score (nSPS) is 11.2. The quantitative estimate of drug-likeness (QED) is 0.713. The number of imidazole rings is 1. The molecule has 132 valence electrons. The number of likely N-dealkylation sites (N-methyl/N-ethyl adjacent to an activating group) is 1. The van der Waals surface area contributed by atoms with Gasteiger partial charge in [-0.25, -0.2) is 9.37 Å². The van der Waals surface area contributed by atoms with Gasteiger partial charge in [0.05, 0.1) is 11.0 Å². The van der Waals surface area contributed by atoms with Gasteiger partial charge in [-0.2, -0.15) is 0 Å². The Morgan fingerprint density at radius 3 is 2.88 bits per heavy atom. The summed E-state index contributed by atoms with van der Waals surface area (Å²) in [4.78, 5) is 21.8. The standard InChI is InChI=1S/C18H21FN4O2/c1-3-5-13-11-16(22-25-13)18(24)23(4-2)9-8-17-20-14-7-6-12(19)10-15(14)21-17/h6-7,10-11H,3-5,8-9H2,1-2H3,(H,20,21). The maximum absolute atomic E-state index is 13.2. The molecule has 7 heteroatoms. The molecule has 25 heavy (non-hydrogen) atoms. The number of carbonyl (C=O) groups is 1. The number of nitrogens with one attached hydrogen (secondary N) is 1. The zero-order valence-electron chi connectivity index (χ0n) is 14.4. The summed E-state index contributed by atoms with van der Waals surface area (Å²) < 4.78 is 18.4. The van der Waals surface area contributed by atoms with Gasteiger partial charge in [0, 0.05) is 32.0 Å². The number of aryl methyl sites for hydroxylation is 1. The first-order valence-corrected chi connectivity index (χ1v) is 8.49. The van der Waals surface area contributed by atoms with Gasteiger partial charge in [-0.15, -0.1) is 0 Å². The van der Waals surface area contributed by atoms with E-state index in [1.165, 1.54) is 12.1 Å². The maximum Gasteiger partial charge on any atom is 0.276 e. The molecule has 2 aromatic heterocycles. The highest BCUT2D eigenvalue weighted by atomic mass is 19.1. The van der Waals surface area contributed by atoms with E-state index in [1.807, 2.05) is 13.8 Å². The fraction of sp³-hybridized carbons (Fsp3) is 0.389. The Morgan fingerprint density at radius 2 is 2.12 bits per heavy atom. The predicted molar refractivity (Wildman–Crippen MR) is 91.8 cm³/mol. The van der Waals surface area contributed by atoms with E-state index in [0.29, 0.717) is 36.2 Å². The molecular weight excluding hydrogens is 323 g/mol. The number of hydrogen-bond donors (Lipinski definition) is 1. The first-order chi connectivity index (χ1) is 12.1. The molecule has 1 aromatic carbocycles. The molecule has 3 aromatic rings. The topological polar surface area (TPSA) is 75.0 Å². The van der Waals surface area contributed by atoms with E-state index in [9.17, 15) is 9.18 Å². The van der Waals surface area contributed by atoms with Crippen molar-refractivity contribution in [3.8, 4) is 0 Å². The van der Waals surface area contributed by atoms with Crippen LogP contribution in [0.25, 0.3) is 11.0 Å². The first-order valence-electron chi connectivity index (χ1n) is 8.49. The minimum atomic E-state index is -0.304. The number of H-pyrrole nitrogens is 1. The average molecular weight is 344 g/mol. The molecule has 0 fully saturated rings. The molecule has 0 bridgehead atoms. The molecule has 3 rings (SSSR count). The van der Waals surface area contributed by atoms with Gasteiger partial charge in [-0.05, 0) is 31.5 Å². The van der Waals surface area contributed by atoms with Crippen molar-refractivity contribution in [3.05, 3.63) is 47.4 Å². The van der Waals surface area contributed by atoms with Crippen molar-refractivity contribution in [1.29, 1.82) is 0 Å². The van der Waals surface area contributed by atoms with Gasteiger partial charge >= 0.3 is 0 Å². The molecule has 6 nitrogen and oxygen atoms in total. The predicted octanol–water partition coefficient (Wildman–Crippen LogP) is 3.35. The van der Waals surface area contributed by atoms with Crippen molar-refractivity contribution < 1.29 is 13.7 Å². The third-order valence-electron chi connectivity index (χ3n) is 4.05. The monoisotopic (exact) mass is 344 g/mol. The van der Waals surface area contributed by atoms with E-state index in [1.54, 1.807) is 17.0 Å². The molecule has 0 aliphatic carbocycles. The number of nitrogens with zero attached hydrogens (tertiary/aromatic N) is 3. The van der Waals surface area contributed by atoms with Crippen LogP contribution in [0.15, 0.2) is 28.8 Å². The number of halogens is 1. The van der Waals surface area contributed by atoms with Crippen LogP contribution in [0.4, 0.5) is 4.39 Å². The smallest absolute Gasteiger partial charge is 0.276 e. The number of aromatic amines is 1. The largest absolute Gasteiger partial charge is 0.361 e. The summed E-state index contributed by atoms with van der Waals surface area (Å²) in [6, 6.07) is 6.14. The van der Waals surface area contributed by atoms with Gasteiger partial charge in [-0.3, -0.25) is 4.79 Å². The van der Waals surface area contributed by atoms with Crippen molar-refractivity contribution in [3.63, 3.8) is 0 Å². The lowest BCUT2D eigenvalue weighted by Gasteiger charge is -2.18. The summed E-state index contributed by atoms with van der Waals surface area (Å²) in [6.07, 6.45) is 2.25. The van der Waals surface area contributed by atoms with Gasteiger partial charge in [-0.1, -0.05) is 12.1 Å². The van der Waals surface area contributed by atoms with Crippen LogP contribution in [0, 0.1) is 5.82 Å². The minimum Gasteiger partial charge on any atom is -0.361 e. The van der Waals surface area contributed by atoms with E-state index in [0.717, 1.165) is 24.4 Å². The fourth-order valence-electron chi connectivity index (χ4n) is 2.74. The number of amides is 1. The summed E-state index contributed by atoms with van der Waals surface area (Å²) in [6.45, 7) is 5.01. The second kappa shape index (κ2) is 7.46. The highest BCUT2D eigenvalue weighted by molar-refractivity contribution is 5.92. The van der Waals surface area contributed by atoms with Crippen molar-refractivity contribution in [2.45, 2.75) is 33.1 Å². The highest BCUT2D eigenvalue weighted by Crippen LogP contribution is 2.14. The van der Waals surface area contributed by atoms with Gasteiger partial charge in [0.1, 0.15) is 17.4 Å². The molecule has 0 aliphatic rings. The molecule has 0 aliphatic heterocycles. The third kappa shape index (κ3) is 3.87. The molecule has 0 spiro atoms. The van der Waals surface area contributed by atoms with Gasteiger partial charge in [0.25, 0.3) is 5.91 Å². The van der Waals surface area contributed by atoms with Crippen LogP contribution in [-0.2, 0) is 12.8 Å². The van der Waals surface area contributed by atoms with Crippen molar-refractivity contribution in [2.75, 3.05) is 13.1 Å². The van der Waals surface area contributed by atoms with Gasteiger partial charge in [0.2, 0.25) is 0 Å². The van der Waals surface area contributed by atoms with E-state index in [-0.39, 0.29) is 11.7 Å². The van der Waals surface area contributed by atoms with E-state index >= 15 is 0 Å². The molecule has 0 radical (unpaired) electrons. The lowest BCUT2D eigenvalue weighted by atomic mass is 10.2. The van der Waals surface area contributed by atoms with Gasteiger partial charge in [0.15, 0.2) is 5.69 Å². The van der Waals surface area contributed by atoms with Crippen LogP contribution in [0.1, 0.15) is 42.3 Å². The van der Waals surface area contributed by atoms with E-state index < -0.39 is 0 Å². The SMILES string of the molecule is CCCc1cc(C(=O)N(CC)CCc2nc3ccc(F)cc3[nH]2)no1. The number of rotatable bonds is 7. The van der Waals surface area contributed by atoms with Crippen LogP contribution in [-0.4, -0.2) is 39.0 Å². The zero-order valence-corrected chi connectivity index (χ0v) is 14.4. The summed E-state index contributed by atoms with van der Waals surface area (Å²) in [5.74, 6) is 0.984. The van der Waals surface area contributed by atoms with Crippen LogP contribution in [0.2, 0.25) is 0 Å². The van der Waals surface area contributed by atoms with Crippen LogP contribution in [0.5, 0.6) is 0 Å². The second-order valence-electron chi connectivity index (χ2n) is 5.91. The number of fused-ring (bicyclic) bond motifs is 1. The van der Waals surface area contributed by atoms with Crippen LogP contribution >= 0.6 is 0 Å².